The van der Waals surface area contributed by atoms with E-state index in [0.717, 1.165) is 44.6 Å². The topological polar surface area (TPSA) is 21.3 Å². The van der Waals surface area contributed by atoms with Crippen LogP contribution < -0.4 is 4.90 Å². The molecule has 3 nitrogen and oxygen atoms in total. The van der Waals surface area contributed by atoms with Crippen LogP contribution in [0.1, 0.15) is 51.7 Å². The monoisotopic (exact) mass is 762 g/mol. The molecular weight excluding hydrogens is 717 g/mol. The van der Waals surface area contributed by atoms with Crippen molar-refractivity contribution in [2.75, 3.05) is 4.90 Å². The first kappa shape index (κ1) is 35.3. The first-order valence-corrected chi connectivity index (χ1v) is 20.9. The largest absolute Gasteiger partial charge is 0.456 e. The number of hydrogen-bond donors (Lipinski definition) is 0. The Kier molecular flexibility index (Phi) is 8.00. The van der Waals surface area contributed by atoms with Crippen molar-refractivity contribution in [1.29, 1.82) is 0 Å². The molecule has 59 heavy (non-hydrogen) atoms. The van der Waals surface area contributed by atoms with Gasteiger partial charge in [-0.05, 0) is 136 Å². The van der Waals surface area contributed by atoms with Crippen LogP contribution in [0.4, 0.5) is 17.1 Å². The van der Waals surface area contributed by atoms with Gasteiger partial charge in [-0.25, -0.2) is 0 Å². The molecule has 0 aliphatic heterocycles. The van der Waals surface area contributed by atoms with Crippen LogP contribution in [0.25, 0.3) is 71.7 Å². The Morgan fingerprint density at radius 2 is 1.03 bits per heavy atom. The standard InChI is InChI=1S/C56H46N2O/c1-55(2)30-31-56(3,4)50-35-43(25-27-49(50)55)58-51-21-12-11-20-45(51)47-33-40(22-28-52(47)58)38-16-13-19-42(32-38)57(41-17-9-6-10-18-41)44-24-26-46-48-34-39(37-14-7-5-8-15-37)23-29-53(48)59-54(46)36-44/h5-29,32-36H,30-31H2,1-4H3. The maximum atomic E-state index is 6.53. The van der Waals surface area contributed by atoms with E-state index in [9.17, 15) is 0 Å². The predicted octanol–water partition coefficient (Wildman–Crippen LogP) is 15.8. The van der Waals surface area contributed by atoms with Crippen molar-refractivity contribution in [3.05, 3.63) is 193 Å². The molecule has 0 spiro atoms. The summed E-state index contributed by atoms with van der Waals surface area (Å²) in [7, 11) is 0. The molecule has 11 rings (SSSR count). The van der Waals surface area contributed by atoms with Gasteiger partial charge < -0.3 is 13.9 Å². The van der Waals surface area contributed by atoms with Crippen molar-refractivity contribution in [1.82, 2.24) is 4.57 Å². The molecule has 3 heteroatoms. The number of hydrogen-bond acceptors (Lipinski definition) is 2. The number of aromatic nitrogens is 1. The molecule has 10 aromatic rings. The SMILES string of the molecule is CC1(C)CCC(C)(C)c2cc(-n3c4ccccc4c4cc(-c5cccc(N(c6ccccc6)c6ccc7c(c6)oc6ccc(-c8ccccc8)cc67)c5)ccc43)ccc21. The van der Waals surface area contributed by atoms with Crippen molar-refractivity contribution in [3.63, 3.8) is 0 Å². The lowest BCUT2D eigenvalue weighted by molar-refractivity contribution is 0.332. The van der Waals surface area contributed by atoms with Gasteiger partial charge in [0.25, 0.3) is 0 Å². The Labute approximate surface area is 345 Å². The third kappa shape index (κ3) is 5.87. The van der Waals surface area contributed by atoms with Gasteiger partial charge in [-0.3, -0.25) is 0 Å². The Morgan fingerprint density at radius 3 is 1.86 bits per heavy atom. The number of para-hydroxylation sites is 2. The summed E-state index contributed by atoms with van der Waals surface area (Å²) in [6.45, 7) is 9.62. The minimum absolute atomic E-state index is 0.135. The van der Waals surface area contributed by atoms with Crippen molar-refractivity contribution in [3.8, 4) is 27.9 Å². The molecule has 0 bridgehead atoms. The molecule has 2 heterocycles. The van der Waals surface area contributed by atoms with Gasteiger partial charge in [-0.15, -0.1) is 0 Å². The number of fused-ring (bicyclic) bond motifs is 7. The molecule has 1 aliphatic carbocycles. The minimum Gasteiger partial charge on any atom is -0.456 e. The van der Waals surface area contributed by atoms with Crippen LogP contribution in [0, 0.1) is 0 Å². The molecule has 0 saturated heterocycles. The second-order valence-electron chi connectivity index (χ2n) is 17.7. The smallest absolute Gasteiger partial charge is 0.137 e. The zero-order valence-corrected chi connectivity index (χ0v) is 34.0. The summed E-state index contributed by atoms with van der Waals surface area (Å²) >= 11 is 0. The fourth-order valence-electron chi connectivity index (χ4n) is 9.71. The Hall–Kier alpha value is -6.84. The first-order chi connectivity index (χ1) is 28.7. The van der Waals surface area contributed by atoms with Crippen LogP contribution in [0.3, 0.4) is 0 Å². The number of rotatable bonds is 6. The Morgan fingerprint density at radius 1 is 0.407 bits per heavy atom. The summed E-state index contributed by atoms with van der Waals surface area (Å²) in [5.41, 5.74) is 16.7. The van der Waals surface area contributed by atoms with Gasteiger partial charge in [-0.2, -0.15) is 0 Å². The van der Waals surface area contributed by atoms with Crippen LogP contribution >= 0.6 is 0 Å². The lowest BCUT2D eigenvalue weighted by atomic mass is 9.63. The lowest BCUT2D eigenvalue weighted by Crippen LogP contribution is -2.33. The van der Waals surface area contributed by atoms with Crippen molar-refractivity contribution < 1.29 is 4.42 Å². The average molecular weight is 763 g/mol. The number of anilines is 3. The maximum absolute atomic E-state index is 6.53. The van der Waals surface area contributed by atoms with Crippen molar-refractivity contribution in [2.45, 2.75) is 51.4 Å². The Balaban J connectivity index is 1.01. The van der Waals surface area contributed by atoms with E-state index in [4.69, 9.17) is 4.42 Å². The van der Waals surface area contributed by atoms with E-state index < -0.39 is 0 Å². The maximum Gasteiger partial charge on any atom is 0.137 e. The summed E-state index contributed by atoms with van der Waals surface area (Å²) in [5.74, 6) is 0. The first-order valence-electron chi connectivity index (χ1n) is 20.9. The molecule has 8 aromatic carbocycles. The lowest BCUT2D eigenvalue weighted by Gasteiger charge is -2.42. The highest BCUT2D eigenvalue weighted by Gasteiger charge is 2.37. The number of nitrogens with zero attached hydrogens (tertiary/aromatic N) is 2. The quantitative estimate of drug-likeness (QED) is 0.168. The highest BCUT2D eigenvalue weighted by molar-refractivity contribution is 6.11. The minimum atomic E-state index is 0.135. The highest BCUT2D eigenvalue weighted by atomic mass is 16.3. The molecule has 0 radical (unpaired) electrons. The molecular formula is C56H46N2O. The van der Waals surface area contributed by atoms with E-state index >= 15 is 0 Å². The van der Waals surface area contributed by atoms with Gasteiger partial charge in [0.05, 0.1) is 11.0 Å². The molecule has 0 amide bonds. The third-order valence-electron chi connectivity index (χ3n) is 13.0. The second-order valence-corrected chi connectivity index (χ2v) is 17.7. The molecule has 0 N–H and O–H groups in total. The van der Waals surface area contributed by atoms with Crippen LogP contribution in [-0.4, -0.2) is 4.57 Å². The van der Waals surface area contributed by atoms with E-state index in [2.05, 4.69) is 219 Å². The van der Waals surface area contributed by atoms with Gasteiger partial charge in [0, 0.05) is 50.4 Å². The predicted molar refractivity (Wildman–Crippen MR) is 249 cm³/mol. The molecule has 1 aliphatic rings. The van der Waals surface area contributed by atoms with E-state index in [-0.39, 0.29) is 10.8 Å². The van der Waals surface area contributed by atoms with Gasteiger partial charge in [-0.1, -0.05) is 125 Å². The van der Waals surface area contributed by atoms with E-state index in [1.54, 1.807) is 0 Å². The molecule has 2 aromatic heterocycles. The van der Waals surface area contributed by atoms with E-state index in [1.807, 2.05) is 0 Å². The zero-order chi connectivity index (χ0) is 39.9. The summed E-state index contributed by atoms with van der Waals surface area (Å²) in [5, 5.41) is 4.75. The van der Waals surface area contributed by atoms with Crippen molar-refractivity contribution in [2.24, 2.45) is 0 Å². The third-order valence-corrected chi connectivity index (χ3v) is 13.0. The average Bonchev–Trinajstić information content (AvgIpc) is 3.81. The Bertz CT molecular complexity index is 3220. The van der Waals surface area contributed by atoms with Crippen LogP contribution in [-0.2, 0) is 10.8 Å². The van der Waals surface area contributed by atoms with E-state index in [0.29, 0.717) is 0 Å². The molecule has 0 saturated carbocycles. The molecule has 286 valence electrons. The molecule has 0 unspecified atom stereocenters. The summed E-state index contributed by atoms with van der Waals surface area (Å²) < 4.78 is 9.00. The van der Waals surface area contributed by atoms with Gasteiger partial charge in [0.2, 0.25) is 0 Å². The van der Waals surface area contributed by atoms with Crippen molar-refractivity contribution >= 4 is 60.8 Å². The fraction of sp³-hybridized carbons (Fsp3) is 0.143. The summed E-state index contributed by atoms with van der Waals surface area (Å²) in [6, 6.07) is 66.2. The summed E-state index contributed by atoms with van der Waals surface area (Å²) in [4.78, 5) is 2.33. The van der Waals surface area contributed by atoms with Crippen LogP contribution in [0.5, 0.6) is 0 Å². The van der Waals surface area contributed by atoms with E-state index in [1.165, 1.54) is 68.2 Å². The summed E-state index contributed by atoms with van der Waals surface area (Å²) in [6.07, 6.45) is 2.40. The second kappa shape index (κ2) is 13.4. The fourth-order valence-corrected chi connectivity index (χ4v) is 9.71. The normalized spacial score (nSPS) is 14.6. The number of benzene rings is 8. The molecule has 0 fully saturated rings. The van der Waals surface area contributed by atoms with Gasteiger partial charge >= 0.3 is 0 Å². The molecule has 0 atom stereocenters. The zero-order valence-electron chi connectivity index (χ0n) is 34.0. The van der Waals surface area contributed by atoms with Gasteiger partial charge in [0.15, 0.2) is 0 Å². The number of furan rings is 1. The van der Waals surface area contributed by atoms with Crippen LogP contribution in [0.15, 0.2) is 186 Å². The van der Waals surface area contributed by atoms with Gasteiger partial charge in [0.1, 0.15) is 11.2 Å². The highest BCUT2D eigenvalue weighted by Crippen LogP contribution is 2.47. The van der Waals surface area contributed by atoms with Crippen LogP contribution in [0.2, 0.25) is 0 Å².